The Kier molecular flexibility index (Phi) is 5.75. The Labute approximate surface area is 148 Å². The Morgan fingerprint density at radius 3 is 1.76 bits per heavy atom. The number of hydrogen-bond acceptors (Lipinski definition) is 4. The number of ketones is 1. The first-order chi connectivity index (χ1) is 11.8. The molecule has 0 atom stereocenters. The summed E-state index contributed by atoms with van der Waals surface area (Å²) in [4.78, 5) is 22.4. The highest BCUT2D eigenvalue weighted by atomic mass is 16.5. The van der Waals surface area contributed by atoms with E-state index in [1.165, 1.54) is 13.0 Å². The minimum atomic E-state index is -0.572. The molecule has 0 fully saturated rings. The van der Waals surface area contributed by atoms with Crippen molar-refractivity contribution >= 4 is 11.8 Å². The summed E-state index contributed by atoms with van der Waals surface area (Å²) < 4.78 is 10.4. The monoisotopic (exact) mass is 338 g/mol. The quantitative estimate of drug-likeness (QED) is 0.452. The number of carbonyl (C=O) groups is 2. The molecule has 0 bridgehead atoms. The fourth-order valence-corrected chi connectivity index (χ4v) is 2.45. The predicted octanol–water partition coefficient (Wildman–Crippen LogP) is 4.07. The highest BCUT2D eigenvalue weighted by molar-refractivity contribution is 5.95. The number of hydrogen-bond donors (Lipinski definition) is 0. The molecule has 0 saturated carbocycles. The molecule has 0 aliphatic heterocycles. The Balaban J connectivity index is 2.14. The topological polar surface area (TPSA) is 52.6 Å². The smallest absolute Gasteiger partial charge is 0.336 e. The summed E-state index contributed by atoms with van der Waals surface area (Å²) in [7, 11) is 1.64. The third kappa shape index (κ3) is 4.80. The number of rotatable bonds is 6. The van der Waals surface area contributed by atoms with Crippen LogP contribution in [0.2, 0.25) is 0 Å². The van der Waals surface area contributed by atoms with Gasteiger partial charge in [-0.25, -0.2) is 4.79 Å². The van der Waals surface area contributed by atoms with Gasteiger partial charge in [-0.2, -0.15) is 0 Å². The lowest BCUT2D eigenvalue weighted by molar-refractivity contribution is -0.129. The van der Waals surface area contributed by atoms with Gasteiger partial charge in [0.2, 0.25) is 0 Å². The molecule has 2 aromatic carbocycles. The number of methoxy groups -OCH3 is 1. The van der Waals surface area contributed by atoms with Crippen LogP contribution in [0.25, 0.3) is 0 Å². The van der Waals surface area contributed by atoms with Crippen LogP contribution in [0.4, 0.5) is 0 Å². The molecule has 4 nitrogen and oxygen atoms in total. The third-order valence-corrected chi connectivity index (χ3v) is 4.06. The molecule has 4 heteroatoms. The number of ether oxygens (including phenoxy) is 2. The lowest BCUT2D eigenvalue weighted by Gasteiger charge is -2.26. The maximum absolute atomic E-state index is 11.6. The van der Waals surface area contributed by atoms with E-state index in [2.05, 4.69) is 13.8 Å². The average Bonchev–Trinajstić information content (AvgIpc) is 2.60. The van der Waals surface area contributed by atoms with E-state index in [4.69, 9.17) is 9.47 Å². The van der Waals surface area contributed by atoms with Gasteiger partial charge in [-0.1, -0.05) is 38.1 Å². The van der Waals surface area contributed by atoms with Gasteiger partial charge in [0.15, 0.2) is 5.78 Å². The second-order valence-corrected chi connectivity index (χ2v) is 6.24. The summed E-state index contributed by atoms with van der Waals surface area (Å²) in [6.45, 7) is 5.64. The van der Waals surface area contributed by atoms with E-state index in [1.807, 2.05) is 36.4 Å². The van der Waals surface area contributed by atoms with Crippen LogP contribution in [0, 0.1) is 0 Å². The summed E-state index contributed by atoms with van der Waals surface area (Å²) in [5, 5.41) is 0. The van der Waals surface area contributed by atoms with Crippen molar-refractivity contribution in [2.75, 3.05) is 7.11 Å². The van der Waals surface area contributed by atoms with Crippen molar-refractivity contribution in [2.45, 2.75) is 26.2 Å². The van der Waals surface area contributed by atoms with Crippen LogP contribution in [0.3, 0.4) is 0 Å². The van der Waals surface area contributed by atoms with Gasteiger partial charge in [-0.15, -0.1) is 0 Å². The zero-order chi connectivity index (χ0) is 18.4. The zero-order valence-electron chi connectivity index (χ0n) is 14.9. The largest absolute Gasteiger partial charge is 0.497 e. The van der Waals surface area contributed by atoms with Crippen LogP contribution in [0.15, 0.2) is 60.7 Å². The standard InChI is InChI=1S/C21H22O4/c1-15(22)5-14-20(23)25-19-12-8-17(9-13-19)21(2,3)16-6-10-18(24-4)11-7-16/h5-14H,1-4H3. The zero-order valence-corrected chi connectivity index (χ0v) is 14.9. The molecule has 0 aliphatic carbocycles. The first kappa shape index (κ1) is 18.5. The number of benzene rings is 2. The Morgan fingerprint density at radius 1 is 0.840 bits per heavy atom. The van der Waals surface area contributed by atoms with Gasteiger partial charge in [-0.3, -0.25) is 4.79 Å². The molecule has 130 valence electrons. The van der Waals surface area contributed by atoms with Crippen LogP contribution in [0.5, 0.6) is 11.5 Å². The van der Waals surface area contributed by atoms with Crippen LogP contribution in [0.1, 0.15) is 31.9 Å². The minimum Gasteiger partial charge on any atom is -0.497 e. The van der Waals surface area contributed by atoms with E-state index < -0.39 is 5.97 Å². The molecule has 25 heavy (non-hydrogen) atoms. The summed E-state index contributed by atoms with van der Waals surface area (Å²) in [6.07, 6.45) is 2.31. The molecular formula is C21H22O4. The molecule has 0 heterocycles. The number of allylic oxidation sites excluding steroid dienone is 1. The van der Waals surface area contributed by atoms with Crippen molar-refractivity contribution in [1.82, 2.24) is 0 Å². The van der Waals surface area contributed by atoms with Gasteiger partial charge in [-0.05, 0) is 48.4 Å². The van der Waals surface area contributed by atoms with Crippen molar-refractivity contribution in [3.63, 3.8) is 0 Å². The second-order valence-electron chi connectivity index (χ2n) is 6.24. The van der Waals surface area contributed by atoms with Crippen molar-refractivity contribution in [2.24, 2.45) is 0 Å². The molecule has 0 spiro atoms. The molecule has 2 rings (SSSR count). The highest BCUT2D eigenvalue weighted by Crippen LogP contribution is 2.33. The maximum atomic E-state index is 11.6. The van der Waals surface area contributed by atoms with E-state index in [1.54, 1.807) is 19.2 Å². The van der Waals surface area contributed by atoms with Gasteiger partial charge in [0.05, 0.1) is 7.11 Å². The maximum Gasteiger partial charge on any atom is 0.336 e. The van der Waals surface area contributed by atoms with E-state index in [-0.39, 0.29) is 11.2 Å². The van der Waals surface area contributed by atoms with E-state index in [9.17, 15) is 9.59 Å². The lowest BCUT2D eigenvalue weighted by Crippen LogP contribution is -2.18. The minimum absolute atomic E-state index is 0.200. The number of esters is 1. The molecule has 0 aliphatic rings. The van der Waals surface area contributed by atoms with Gasteiger partial charge in [0.25, 0.3) is 0 Å². The van der Waals surface area contributed by atoms with Crippen LogP contribution >= 0.6 is 0 Å². The van der Waals surface area contributed by atoms with Gasteiger partial charge in [0, 0.05) is 11.5 Å². The van der Waals surface area contributed by atoms with Gasteiger partial charge < -0.3 is 9.47 Å². The first-order valence-corrected chi connectivity index (χ1v) is 7.98. The fraction of sp³-hybridized carbons (Fsp3) is 0.238. The summed E-state index contributed by atoms with van der Waals surface area (Å²) >= 11 is 0. The average molecular weight is 338 g/mol. The summed E-state index contributed by atoms with van der Waals surface area (Å²) in [5.41, 5.74) is 2.04. The van der Waals surface area contributed by atoms with Crippen LogP contribution < -0.4 is 9.47 Å². The SMILES string of the molecule is COc1ccc(C(C)(C)c2ccc(OC(=O)C=CC(C)=O)cc2)cc1. The normalized spacial score (nSPS) is 11.4. The van der Waals surface area contributed by atoms with E-state index >= 15 is 0 Å². The van der Waals surface area contributed by atoms with Crippen LogP contribution in [-0.4, -0.2) is 18.9 Å². The van der Waals surface area contributed by atoms with Crippen molar-refractivity contribution < 1.29 is 19.1 Å². The molecule has 0 N–H and O–H groups in total. The van der Waals surface area contributed by atoms with Crippen LogP contribution in [-0.2, 0) is 15.0 Å². The van der Waals surface area contributed by atoms with E-state index in [0.29, 0.717) is 5.75 Å². The second kappa shape index (κ2) is 7.79. The molecule has 2 aromatic rings. The summed E-state index contributed by atoms with van der Waals surface area (Å²) in [6, 6.07) is 15.3. The van der Waals surface area contributed by atoms with Crippen molar-refractivity contribution in [3.05, 3.63) is 71.8 Å². The summed E-state index contributed by atoms with van der Waals surface area (Å²) in [5.74, 6) is 0.485. The lowest BCUT2D eigenvalue weighted by atomic mass is 9.78. The molecule has 0 unspecified atom stereocenters. The first-order valence-electron chi connectivity index (χ1n) is 7.98. The predicted molar refractivity (Wildman–Crippen MR) is 97.0 cm³/mol. The fourth-order valence-electron chi connectivity index (χ4n) is 2.45. The van der Waals surface area contributed by atoms with E-state index in [0.717, 1.165) is 23.0 Å². The Morgan fingerprint density at radius 2 is 1.32 bits per heavy atom. The van der Waals surface area contributed by atoms with Crippen molar-refractivity contribution in [3.8, 4) is 11.5 Å². The highest BCUT2D eigenvalue weighted by Gasteiger charge is 2.23. The molecular weight excluding hydrogens is 316 g/mol. The molecule has 0 amide bonds. The molecule has 0 aromatic heterocycles. The third-order valence-electron chi connectivity index (χ3n) is 4.06. The number of carbonyl (C=O) groups excluding carboxylic acids is 2. The Hall–Kier alpha value is -2.88. The molecule has 0 saturated heterocycles. The van der Waals surface area contributed by atoms with Gasteiger partial charge in [0.1, 0.15) is 11.5 Å². The van der Waals surface area contributed by atoms with Crippen molar-refractivity contribution in [1.29, 1.82) is 0 Å². The Bertz CT molecular complexity index is 769. The molecule has 0 radical (unpaired) electrons. The van der Waals surface area contributed by atoms with Gasteiger partial charge >= 0.3 is 5.97 Å².